The van der Waals surface area contributed by atoms with Crippen molar-refractivity contribution in [2.45, 2.75) is 6.92 Å². The highest BCUT2D eigenvalue weighted by atomic mass is 79.9. The Kier molecular flexibility index (Phi) is 2.16. The summed E-state index contributed by atoms with van der Waals surface area (Å²) in [6.07, 6.45) is 1.35. The first-order valence-electron chi connectivity index (χ1n) is 3.80. The fourth-order valence-corrected chi connectivity index (χ4v) is 1.19. The van der Waals surface area contributed by atoms with Crippen molar-refractivity contribution in [1.29, 1.82) is 0 Å². The molecule has 0 atom stereocenters. The average molecular weight is 256 g/mol. The largest absolute Gasteiger partial charge is 0.303 e. The van der Waals surface area contributed by atoms with E-state index in [9.17, 15) is 4.79 Å². The normalized spacial score (nSPS) is 10.4. The van der Waals surface area contributed by atoms with E-state index in [-0.39, 0.29) is 5.56 Å². The Morgan fingerprint density at radius 2 is 2.21 bits per heavy atom. The molecule has 2 aromatic rings. The van der Waals surface area contributed by atoms with Crippen molar-refractivity contribution in [3.05, 3.63) is 26.8 Å². The summed E-state index contributed by atoms with van der Waals surface area (Å²) in [5.41, 5.74) is 0.379. The molecule has 6 nitrogen and oxygen atoms in total. The van der Waals surface area contributed by atoms with Gasteiger partial charge in [0.05, 0.1) is 5.69 Å². The third-order valence-corrected chi connectivity index (χ3v) is 2.60. The van der Waals surface area contributed by atoms with E-state index < -0.39 is 0 Å². The smallest absolute Gasteiger partial charge is 0.265 e. The number of halogens is 1. The molecular formula is C7H6BrN5O. The summed E-state index contributed by atoms with van der Waals surface area (Å²) in [6.45, 7) is 1.74. The number of H-pyrrole nitrogens is 2. The van der Waals surface area contributed by atoms with Gasteiger partial charge in [-0.05, 0) is 22.9 Å². The Morgan fingerprint density at radius 3 is 2.79 bits per heavy atom. The van der Waals surface area contributed by atoms with Crippen molar-refractivity contribution < 1.29 is 0 Å². The van der Waals surface area contributed by atoms with E-state index in [0.717, 1.165) is 0 Å². The molecule has 2 N–H and O–H groups in total. The van der Waals surface area contributed by atoms with E-state index in [2.05, 4.69) is 41.1 Å². The Labute approximate surface area is 86.9 Å². The van der Waals surface area contributed by atoms with Gasteiger partial charge < -0.3 is 4.98 Å². The van der Waals surface area contributed by atoms with E-state index in [1.807, 2.05) is 0 Å². The molecule has 0 fully saturated rings. The maximum Gasteiger partial charge on any atom is 0.265 e. The van der Waals surface area contributed by atoms with E-state index in [1.165, 1.54) is 6.33 Å². The topological polar surface area (TPSA) is 87.3 Å². The zero-order chi connectivity index (χ0) is 10.1. The standard InChI is InChI=1S/C7H6BrN5O/c1-3-4(8)7(14)12-6(11-3)5-9-2-10-13-5/h2H,1H3,(H,9,10,13)(H,11,12,14). The summed E-state index contributed by atoms with van der Waals surface area (Å²) in [5, 5.41) is 6.29. The molecule has 0 bridgehead atoms. The molecule has 0 aromatic carbocycles. The maximum absolute atomic E-state index is 11.4. The molecule has 0 aliphatic carbocycles. The zero-order valence-corrected chi connectivity index (χ0v) is 8.79. The molecule has 0 spiro atoms. The van der Waals surface area contributed by atoms with Crippen LogP contribution in [0.4, 0.5) is 0 Å². The predicted octanol–water partition coefficient (Wildman–Crippen LogP) is 0.626. The molecule has 0 aliphatic rings. The van der Waals surface area contributed by atoms with Gasteiger partial charge in [0.15, 0.2) is 11.6 Å². The molecule has 2 heterocycles. The minimum atomic E-state index is -0.232. The van der Waals surface area contributed by atoms with Crippen molar-refractivity contribution in [2.24, 2.45) is 0 Å². The molecule has 7 heteroatoms. The summed E-state index contributed by atoms with van der Waals surface area (Å²) in [6, 6.07) is 0. The molecule has 0 aliphatic heterocycles. The number of hydrogen-bond donors (Lipinski definition) is 2. The second-order valence-corrected chi connectivity index (χ2v) is 3.44. The Bertz CT molecular complexity index is 503. The monoisotopic (exact) mass is 255 g/mol. The van der Waals surface area contributed by atoms with Crippen LogP contribution in [0, 0.1) is 6.92 Å². The van der Waals surface area contributed by atoms with E-state index in [1.54, 1.807) is 6.92 Å². The van der Waals surface area contributed by atoms with Crippen LogP contribution < -0.4 is 5.56 Å². The molecule has 0 saturated heterocycles. The number of aromatic amines is 2. The number of rotatable bonds is 1. The lowest BCUT2D eigenvalue weighted by Crippen LogP contribution is -2.12. The highest BCUT2D eigenvalue weighted by Gasteiger charge is 2.08. The van der Waals surface area contributed by atoms with Crippen LogP contribution in [-0.2, 0) is 0 Å². The molecule has 2 rings (SSSR count). The second-order valence-electron chi connectivity index (χ2n) is 2.65. The van der Waals surface area contributed by atoms with E-state index in [4.69, 9.17) is 0 Å². The summed E-state index contributed by atoms with van der Waals surface area (Å²) >= 11 is 3.12. The SMILES string of the molecule is Cc1nc(-c2ncn[nH]2)[nH]c(=O)c1Br. The first-order valence-corrected chi connectivity index (χ1v) is 4.60. The lowest BCUT2D eigenvalue weighted by Gasteiger charge is -1.99. The Hall–Kier alpha value is -1.50. The molecular weight excluding hydrogens is 250 g/mol. The predicted molar refractivity (Wildman–Crippen MR) is 52.7 cm³/mol. The van der Waals surface area contributed by atoms with Gasteiger partial charge in [-0.25, -0.2) is 9.97 Å². The van der Waals surface area contributed by atoms with Gasteiger partial charge >= 0.3 is 0 Å². The highest BCUT2D eigenvalue weighted by Crippen LogP contribution is 2.11. The van der Waals surface area contributed by atoms with Gasteiger partial charge in [-0.3, -0.25) is 9.89 Å². The van der Waals surface area contributed by atoms with Crippen LogP contribution in [-0.4, -0.2) is 25.1 Å². The van der Waals surface area contributed by atoms with Gasteiger partial charge in [0.25, 0.3) is 5.56 Å². The van der Waals surface area contributed by atoms with Gasteiger partial charge in [-0.1, -0.05) is 0 Å². The van der Waals surface area contributed by atoms with Crippen molar-refractivity contribution in [3.8, 4) is 11.6 Å². The van der Waals surface area contributed by atoms with Crippen LogP contribution in [0.2, 0.25) is 0 Å². The first kappa shape index (κ1) is 9.07. The minimum Gasteiger partial charge on any atom is -0.303 e. The van der Waals surface area contributed by atoms with E-state index >= 15 is 0 Å². The number of hydrogen-bond acceptors (Lipinski definition) is 4. The van der Waals surface area contributed by atoms with Gasteiger partial charge in [0.2, 0.25) is 0 Å². The molecule has 0 saturated carbocycles. The molecule has 72 valence electrons. The van der Waals surface area contributed by atoms with Crippen LogP contribution >= 0.6 is 15.9 Å². The molecule has 14 heavy (non-hydrogen) atoms. The summed E-state index contributed by atoms with van der Waals surface area (Å²) in [7, 11) is 0. The number of aromatic nitrogens is 5. The quantitative estimate of drug-likeness (QED) is 0.783. The lowest BCUT2D eigenvalue weighted by atomic mass is 10.4. The van der Waals surface area contributed by atoms with Crippen LogP contribution in [0.1, 0.15) is 5.69 Å². The van der Waals surface area contributed by atoms with E-state index in [0.29, 0.717) is 21.8 Å². The maximum atomic E-state index is 11.4. The lowest BCUT2D eigenvalue weighted by molar-refractivity contribution is 1.01. The first-order chi connectivity index (χ1) is 6.68. The van der Waals surface area contributed by atoms with Crippen LogP contribution in [0.15, 0.2) is 15.6 Å². The van der Waals surface area contributed by atoms with Crippen molar-refractivity contribution in [2.75, 3.05) is 0 Å². The number of aryl methyl sites for hydroxylation is 1. The zero-order valence-electron chi connectivity index (χ0n) is 7.21. The fraction of sp³-hybridized carbons (Fsp3) is 0.143. The third-order valence-electron chi connectivity index (χ3n) is 1.67. The van der Waals surface area contributed by atoms with Gasteiger partial charge in [0.1, 0.15) is 10.8 Å². The summed E-state index contributed by atoms with van der Waals surface area (Å²) in [4.78, 5) is 21.9. The van der Waals surface area contributed by atoms with Crippen molar-refractivity contribution in [1.82, 2.24) is 25.1 Å². The molecule has 0 unspecified atom stereocenters. The summed E-state index contributed by atoms with van der Waals surface area (Å²) in [5.74, 6) is 0.825. The van der Waals surface area contributed by atoms with Crippen LogP contribution in [0.3, 0.4) is 0 Å². The number of nitrogens with one attached hydrogen (secondary N) is 2. The van der Waals surface area contributed by atoms with Gasteiger partial charge in [-0.15, -0.1) is 0 Å². The summed E-state index contributed by atoms with van der Waals surface area (Å²) < 4.78 is 0.431. The number of nitrogens with zero attached hydrogens (tertiary/aromatic N) is 3. The van der Waals surface area contributed by atoms with Crippen LogP contribution in [0.25, 0.3) is 11.6 Å². The minimum absolute atomic E-state index is 0.232. The average Bonchev–Trinajstić information content (AvgIpc) is 2.66. The Morgan fingerprint density at radius 1 is 1.43 bits per heavy atom. The molecule has 0 amide bonds. The Balaban J connectivity index is 2.63. The molecule has 2 aromatic heterocycles. The van der Waals surface area contributed by atoms with Crippen molar-refractivity contribution >= 4 is 15.9 Å². The second kappa shape index (κ2) is 3.33. The van der Waals surface area contributed by atoms with Crippen molar-refractivity contribution in [3.63, 3.8) is 0 Å². The fourth-order valence-electron chi connectivity index (χ4n) is 1.00. The van der Waals surface area contributed by atoms with Crippen LogP contribution in [0.5, 0.6) is 0 Å². The highest BCUT2D eigenvalue weighted by molar-refractivity contribution is 9.10. The third kappa shape index (κ3) is 1.46. The van der Waals surface area contributed by atoms with Gasteiger partial charge in [-0.2, -0.15) is 5.10 Å². The van der Waals surface area contributed by atoms with Gasteiger partial charge in [0, 0.05) is 0 Å². The molecule has 0 radical (unpaired) electrons.